The van der Waals surface area contributed by atoms with Crippen molar-refractivity contribution in [3.05, 3.63) is 87.8 Å². The zero-order valence-corrected chi connectivity index (χ0v) is 19.7. The predicted octanol–water partition coefficient (Wildman–Crippen LogP) is 4.19. The largest absolute Gasteiger partial charge is 0.507 e. The summed E-state index contributed by atoms with van der Waals surface area (Å²) < 4.78 is 7.35. The van der Waals surface area contributed by atoms with Crippen molar-refractivity contribution in [1.82, 2.24) is 9.47 Å². The second-order valence-electron chi connectivity index (χ2n) is 8.40. The fourth-order valence-electron chi connectivity index (χ4n) is 4.77. The van der Waals surface area contributed by atoms with Crippen LogP contribution in [-0.2, 0) is 6.54 Å². The Kier molecular flexibility index (Phi) is 7.04. The molecule has 0 spiro atoms. The first-order chi connectivity index (χ1) is 16.0. The number of hydrogen-bond donors (Lipinski definition) is 1. The summed E-state index contributed by atoms with van der Waals surface area (Å²) in [6.45, 7) is 10.2. The molecule has 6 nitrogen and oxygen atoms in total. The maximum absolute atomic E-state index is 13.5. The van der Waals surface area contributed by atoms with E-state index in [0.29, 0.717) is 18.7 Å². The zero-order valence-electron chi connectivity index (χ0n) is 19.7. The summed E-state index contributed by atoms with van der Waals surface area (Å²) in [6.07, 6.45) is 0. The molecule has 4 rings (SSSR count). The minimum absolute atomic E-state index is 0.0616. The molecule has 1 aliphatic heterocycles. The number of piperazine rings is 1. The lowest BCUT2D eigenvalue weighted by Crippen LogP contribution is -2.49. The molecule has 0 bridgehead atoms. The van der Waals surface area contributed by atoms with Gasteiger partial charge in [0.05, 0.1) is 18.2 Å². The normalized spacial score (nSPS) is 15.4. The molecule has 1 unspecified atom stereocenters. The van der Waals surface area contributed by atoms with Crippen molar-refractivity contribution in [1.29, 1.82) is 0 Å². The van der Waals surface area contributed by atoms with Crippen LogP contribution >= 0.6 is 0 Å². The number of aromatic nitrogens is 1. The Morgan fingerprint density at radius 2 is 1.64 bits per heavy atom. The number of hydrogen-bond acceptors (Lipinski definition) is 5. The van der Waals surface area contributed by atoms with E-state index in [9.17, 15) is 9.90 Å². The van der Waals surface area contributed by atoms with Crippen LogP contribution in [-0.4, -0.2) is 47.4 Å². The summed E-state index contributed by atoms with van der Waals surface area (Å²) in [7, 11) is 0. The molecule has 2 heterocycles. The molecule has 3 aromatic rings. The Morgan fingerprint density at radius 1 is 0.970 bits per heavy atom. The van der Waals surface area contributed by atoms with Crippen LogP contribution in [0.5, 0.6) is 11.5 Å². The van der Waals surface area contributed by atoms with Crippen molar-refractivity contribution in [2.24, 2.45) is 0 Å². The summed E-state index contributed by atoms with van der Waals surface area (Å²) in [5.41, 5.74) is 3.27. The number of nitrogens with zero attached hydrogens (tertiary/aromatic N) is 3. The van der Waals surface area contributed by atoms with Gasteiger partial charge in [-0.05, 0) is 56.7 Å². The van der Waals surface area contributed by atoms with E-state index in [1.54, 1.807) is 10.6 Å². The highest BCUT2D eigenvalue weighted by molar-refractivity contribution is 5.47. The Bertz CT molecular complexity index is 1120. The standard InChI is InChI=1S/C27H33N3O3/c1-4-30-20(3)19-24(31)25(27(30)32)26(21-11-13-23(14-12-21)33-5-2)29-17-15-28(16-18-29)22-9-7-6-8-10-22/h6-14,19,26,31H,4-5,15-18H2,1-3H3. The van der Waals surface area contributed by atoms with Crippen LogP contribution in [0.25, 0.3) is 0 Å². The summed E-state index contributed by atoms with van der Waals surface area (Å²) in [5.74, 6) is 0.861. The number of para-hydroxylation sites is 1. The molecule has 2 aromatic carbocycles. The highest BCUT2D eigenvalue weighted by Crippen LogP contribution is 2.34. The van der Waals surface area contributed by atoms with Crippen molar-refractivity contribution in [2.45, 2.75) is 33.4 Å². The molecule has 6 heteroatoms. The third-order valence-electron chi connectivity index (χ3n) is 6.42. The summed E-state index contributed by atoms with van der Waals surface area (Å²) in [6, 6.07) is 19.7. The van der Waals surface area contributed by atoms with E-state index in [1.807, 2.05) is 51.1 Å². The van der Waals surface area contributed by atoms with Crippen molar-refractivity contribution in [2.75, 3.05) is 37.7 Å². The zero-order chi connectivity index (χ0) is 23.4. The fraction of sp³-hybridized carbons (Fsp3) is 0.370. The minimum Gasteiger partial charge on any atom is -0.507 e. The smallest absolute Gasteiger partial charge is 0.259 e. The summed E-state index contributed by atoms with van der Waals surface area (Å²) >= 11 is 0. The lowest BCUT2D eigenvalue weighted by molar-refractivity contribution is 0.207. The van der Waals surface area contributed by atoms with Crippen LogP contribution in [0.1, 0.15) is 36.7 Å². The minimum atomic E-state index is -0.329. The second kappa shape index (κ2) is 10.1. The van der Waals surface area contributed by atoms with Gasteiger partial charge in [-0.3, -0.25) is 9.69 Å². The Labute approximate surface area is 195 Å². The van der Waals surface area contributed by atoms with Gasteiger partial charge in [-0.1, -0.05) is 30.3 Å². The Hall–Kier alpha value is -3.25. The SMILES string of the molecule is CCOc1ccc(C(c2c(O)cc(C)n(CC)c2=O)N2CCN(c3ccccc3)CC2)cc1. The monoisotopic (exact) mass is 447 g/mol. The molecule has 1 fully saturated rings. The number of aromatic hydroxyl groups is 1. The van der Waals surface area contributed by atoms with Gasteiger partial charge in [0.15, 0.2) is 0 Å². The second-order valence-corrected chi connectivity index (χ2v) is 8.40. The van der Waals surface area contributed by atoms with Gasteiger partial charge in [0.1, 0.15) is 11.5 Å². The molecular formula is C27H33N3O3. The highest BCUT2D eigenvalue weighted by Gasteiger charge is 2.31. The molecule has 1 N–H and O–H groups in total. The van der Waals surface area contributed by atoms with E-state index in [0.717, 1.165) is 43.2 Å². The van der Waals surface area contributed by atoms with Gasteiger partial charge in [-0.15, -0.1) is 0 Å². The molecule has 33 heavy (non-hydrogen) atoms. The molecule has 174 valence electrons. The van der Waals surface area contributed by atoms with Gasteiger partial charge in [-0.2, -0.15) is 0 Å². The van der Waals surface area contributed by atoms with Crippen molar-refractivity contribution in [3.63, 3.8) is 0 Å². The van der Waals surface area contributed by atoms with Gasteiger partial charge < -0.3 is 19.3 Å². The summed E-state index contributed by atoms with van der Waals surface area (Å²) in [5, 5.41) is 10.9. The van der Waals surface area contributed by atoms with Crippen molar-refractivity contribution in [3.8, 4) is 11.5 Å². The molecule has 1 saturated heterocycles. The van der Waals surface area contributed by atoms with E-state index in [2.05, 4.69) is 34.1 Å². The van der Waals surface area contributed by atoms with E-state index < -0.39 is 0 Å². The first kappa shape index (κ1) is 22.9. The molecule has 0 amide bonds. The Balaban J connectivity index is 1.71. The number of anilines is 1. The lowest BCUT2D eigenvalue weighted by atomic mass is 9.95. The average Bonchev–Trinajstić information content (AvgIpc) is 2.83. The highest BCUT2D eigenvalue weighted by atomic mass is 16.5. The predicted molar refractivity (Wildman–Crippen MR) is 132 cm³/mol. The van der Waals surface area contributed by atoms with Crippen molar-refractivity contribution < 1.29 is 9.84 Å². The number of pyridine rings is 1. The third-order valence-corrected chi connectivity index (χ3v) is 6.42. The van der Waals surface area contributed by atoms with Crippen molar-refractivity contribution >= 4 is 5.69 Å². The van der Waals surface area contributed by atoms with E-state index in [4.69, 9.17) is 4.74 Å². The number of benzene rings is 2. The van der Waals surface area contributed by atoms with Crippen LogP contribution in [0.2, 0.25) is 0 Å². The van der Waals surface area contributed by atoms with E-state index in [1.165, 1.54) is 5.69 Å². The fourth-order valence-corrected chi connectivity index (χ4v) is 4.77. The summed E-state index contributed by atoms with van der Waals surface area (Å²) in [4.78, 5) is 18.2. The molecule has 1 aliphatic rings. The number of rotatable bonds is 7. The third kappa shape index (κ3) is 4.76. The quantitative estimate of drug-likeness (QED) is 0.589. The topological polar surface area (TPSA) is 57.9 Å². The molecule has 1 atom stereocenters. The van der Waals surface area contributed by atoms with Crippen LogP contribution in [0.3, 0.4) is 0 Å². The van der Waals surface area contributed by atoms with Gasteiger partial charge in [0.25, 0.3) is 5.56 Å². The van der Waals surface area contributed by atoms with E-state index in [-0.39, 0.29) is 17.4 Å². The first-order valence-corrected chi connectivity index (χ1v) is 11.7. The molecule has 1 aromatic heterocycles. The van der Waals surface area contributed by atoms with Gasteiger partial charge >= 0.3 is 0 Å². The lowest BCUT2D eigenvalue weighted by Gasteiger charge is -2.40. The number of ether oxygens (including phenoxy) is 1. The number of aryl methyl sites for hydroxylation is 1. The molecule has 0 saturated carbocycles. The maximum Gasteiger partial charge on any atom is 0.259 e. The first-order valence-electron chi connectivity index (χ1n) is 11.7. The van der Waals surface area contributed by atoms with Crippen LogP contribution < -0.4 is 15.2 Å². The van der Waals surface area contributed by atoms with Gasteiger partial charge in [0, 0.05) is 44.1 Å². The average molecular weight is 448 g/mol. The van der Waals surface area contributed by atoms with Crippen LogP contribution in [0.15, 0.2) is 65.5 Å². The van der Waals surface area contributed by atoms with Gasteiger partial charge in [0.2, 0.25) is 0 Å². The molecular weight excluding hydrogens is 414 g/mol. The van der Waals surface area contributed by atoms with Crippen LogP contribution in [0, 0.1) is 6.92 Å². The van der Waals surface area contributed by atoms with E-state index >= 15 is 0 Å². The van der Waals surface area contributed by atoms with Gasteiger partial charge in [-0.25, -0.2) is 0 Å². The maximum atomic E-state index is 13.5. The van der Waals surface area contributed by atoms with Crippen LogP contribution in [0.4, 0.5) is 5.69 Å². The molecule has 0 radical (unpaired) electrons. The molecule has 0 aliphatic carbocycles. The Morgan fingerprint density at radius 3 is 2.24 bits per heavy atom.